The molecule has 0 bridgehead atoms. The summed E-state index contributed by atoms with van der Waals surface area (Å²) in [6.45, 7) is 0. The minimum absolute atomic E-state index is 0.152. The Hall–Kier alpha value is -1.40. The highest BCUT2D eigenvalue weighted by Gasteiger charge is 2.17. The minimum atomic E-state index is -1.60. The van der Waals surface area contributed by atoms with E-state index >= 15 is 0 Å². The topological polar surface area (TPSA) is 20.2 Å². The van der Waals surface area contributed by atoms with Crippen LogP contribution in [0.2, 0.25) is 0 Å². The van der Waals surface area contributed by atoms with Gasteiger partial charge in [-0.2, -0.15) is 0 Å². The molecule has 0 amide bonds. The van der Waals surface area contributed by atoms with E-state index in [1.54, 1.807) is 0 Å². The minimum Gasteiger partial charge on any atom is -0.388 e. The summed E-state index contributed by atoms with van der Waals surface area (Å²) in [5.74, 6) is -4.94. The van der Waals surface area contributed by atoms with Gasteiger partial charge in [0.25, 0.3) is 0 Å². The van der Waals surface area contributed by atoms with Gasteiger partial charge in [0.1, 0.15) is 5.82 Å². The van der Waals surface area contributed by atoms with Crippen LogP contribution in [0.15, 0.2) is 34.8 Å². The predicted octanol–water partition coefficient (Wildman–Crippen LogP) is 4.28. The Morgan fingerprint density at radius 1 is 0.950 bits per heavy atom. The molecule has 1 N–H and O–H groups in total. The second-order valence-corrected chi connectivity index (χ2v) is 5.17. The zero-order valence-corrected chi connectivity index (χ0v) is 11.6. The van der Waals surface area contributed by atoms with E-state index in [2.05, 4.69) is 15.9 Å². The number of aliphatic hydroxyl groups is 1. The lowest BCUT2D eigenvalue weighted by Crippen LogP contribution is -2.06. The number of benzene rings is 2. The Labute approximate surface area is 121 Å². The first-order valence-corrected chi connectivity index (χ1v) is 6.44. The van der Waals surface area contributed by atoms with Gasteiger partial charge in [-0.3, -0.25) is 0 Å². The van der Waals surface area contributed by atoms with Crippen LogP contribution in [0.25, 0.3) is 0 Å². The van der Waals surface area contributed by atoms with Crippen molar-refractivity contribution in [1.29, 1.82) is 0 Å². The first-order chi connectivity index (χ1) is 9.38. The second kappa shape index (κ2) is 5.93. The lowest BCUT2D eigenvalue weighted by atomic mass is 10.0. The highest BCUT2D eigenvalue weighted by molar-refractivity contribution is 9.10. The van der Waals surface area contributed by atoms with Crippen molar-refractivity contribution in [3.8, 4) is 0 Å². The summed E-state index contributed by atoms with van der Waals surface area (Å²) >= 11 is 3.16. The van der Waals surface area contributed by atoms with E-state index in [9.17, 15) is 22.7 Å². The van der Waals surface area contributed by atoms with Gasteiger partial charge in [0.05, 0.1) is 6.10 Å². The molecule has 0 aromatic heterocycles. The molecule has 0 saturated carbocycles. The Bertz CT molecular complexity index is 622. The van der Waals surface area contributed by atoms with Crippen molar-refractivity contribution < 1.29 is 22.7 Å². The van der Waals surface area contributed by atoms with Gasteiger partial charge in [-0.05, 0) is 41.5 Å². The zero-order valence-electron chi connectivity index (χ0n) is 10.0. The largest absolute Gasteiger partial charge is 0.388 e. The van der Waals surface area contributed by atoms with Crippen LogP contribution in [0.5, 0.6) is 0 Å². The molecule has 2 aromatic rings. The molecule has 1 atom stereocenters. The number of rotatable bonds is 3. The van der Waals surface area contributed by atoms with E-state index in [1.807, 2.05) is 0 Å². The van der Waals surface area contributed by atoms with Crippen molar-refractivity contribution in [1.82, 2.24) is 0 Å². The number of aliphatic hydroxyl groups excluding tert-OH is 1. The first-order valence-electron chi connectivity index (χ1n) is 5.65. The van der Waals surface area contributed by atoms with Crippen LogP contribution in [0, 0.1) is 23.3 Å². The number of hydrogen-bond acceptors (Lipinski definition) is 1. The summed E-state index contributed by atoms with van der Waals surface area (Å²) in [6.07, 6.45) is -1.53. The van der Waals surface area contributed by atoms with Gasteiger partial charge >= 0.3 is 0 Å². The fourth-order valence-electron chi connectivity index (χ4n) is 1.79. The molecule has 1 unspecified atom stereocenters. The second-order valence-electron chi connectivity index (χ2n) is 4.25. The Kier molecular flexibility index (Phi) is 4.45. The van der Waals surface area contributed by atoms with E-state index in [0.29, 0.717) is 16.6 Å². The smallest absolute Gasteiger partial charge is 0.194 e. The lowest BCUT2D eigenvalue weighted by molar-refractivity contribution is 0.175. The van der Waals surface area contributed by atoms with Crippen molar-refractivity contribution >= 4 is 15.9 Å². The van der Waals surface area contributed by atoms with Gasteiger partial charge in [0.2, 0.25) is 0 Å². The summed E-state index contributed by atoms with van der Waals surface area (Å²) in [4.78, 5) is 0. The molecule has 6 heteroatoms. The third kappa shape index (κ3) is 3.19. The normalized spacial score (nSPS) is 12.5. The zero-order chi connectivity index (χ0) is 14.9. The Balaban J connectivity index is 2.28. The maximum absolute atomic E-state index is 13.5. The van der Waals surface area contributed by atoms with Gasteiger partial charge in [0.15, 0.2) is 17.5 Å². The molecular weight excluding hydrogens is 340 g/mol. The molecule has 2 rings (SSSR count). The molecule has 0 aliphatic carbocycles. The van der Waals surface area contributed by atoms with Crippen LogP contribution in [0.4, 0.5) is 17.6 Å². The van der Waals surface area contributed by atoms with Crippen LogP contribution in [0.3, 0.4) is 0 Å². The molecule has 20 heavy (non-hydrogen) atoms. The van der Waals surface area contributed by atoms with Gasteiger partial charge in [-0.15, -0.1) is 0 Å². The molecule has 0 aliphatic heterocycles. The summed E-state index contributed by atoms with van der Waals surface area (Å²) in [5.41, 5.74) is 0.0257. The van der Waals surface area contributed by atoms with Crippen molar-refractivity contribution in [3.05, 3.63) is 69.2 Å². The van der Waals surface area contributed by atoms with E-state index in [1.165, 1.54) is 18.2 Å². The Morgan fingerprint density at radius 3 is 2.15 bits per heavy atom. The Morgan fingerprint density at radius 2 is 1.55 bits per heavy atom. The molecule has 2 aromatic carbocycles. The molecule has 0 spiro atoms. The maximum atomic E-state index is 13.5. The monoisotopic (exact) mass is 348 g/mol. The van der Waals surface area contributed by atoms with Gasteiger partial charge in [-0.25, -0.2) is 17.6 Å². The van der Waals surface area contributed by atoms with Crippen LogP contribution in [0.1, 0.15) is 17.2 Å². The molecular formula is C14H9BrF4O. The summed E-state index contributed by atoms with van der Waals surface area (Å²) < 4.78 is 53.1. The van der Waals surface area contributed by atoms with E-state index in [0.717, 1.165) is 0 Å². The predicted molar refractivity (Wildman–Crippen MR) is 69.1 cm³/mol. The fraction of sp³-hybridized carbons (Fsp3) is 0.143. The average Bonchev–Trinajstić information content (AvgIpc) is 2.39. The number of hydrogen-bond donors (Lipinski definition) is 1. The third-order valence-electron chi connectivity index (χ3n) is 2.81. The summed E-state index contributed by atoms with van der Waals surface area (Å²) in [6, 6.07) is 5.53. The highest BCUT2D eigenvalue weighted by atomic mass is 79.9. The molecule has 106 valence electrons. The SMILES string of the molecule is OC(Cc1cc(Br)ccc1F)c1cc(F)c(F)c(F)c1. The van der Waals surface area contributed by atoms with Gasteiger partial charge < -0.3 is 5.11 Å². The van der Waals surface area contributed by atoms with Crippen molar-refractivity contribution in [3.63, 3.8) is 0 Å². The van der Waals surface area contributed by atoms with E-state index in [4.69, 9.17) is 0 Å². The molecule has 0 heterocycles. The van der Waals surface area contributed by atoms with Crippen LogP contribution in [-0.4, -0.2) is 5.11 Å². The standard InChI is InChI=1S/C14H9BrF4O/c15-9-1-2-10(16)7(3-9)6-13(20)8-4-11(17)14(19)12(18)5-8/h1-5,13,20H,6H2. The molecule has 1 nitrogen and oxygen atoms in total. The molecule has 0 aliphatic rings. The fourth-order valence-corrected chi connectivity index (χ4v) is 2.20. The van der Waals surface area contributed by atoms with Gasteiger partial charge in [-0.1, -0.05) is 15.9 Å². The van der Waals surface area contributed by atoms with Crippen LogP contribution >= 0.6 is 15.9 Å². The highest BCUT2D eigenvalue weighted by Crippen LogP contribution is 2.25. The summed E-state index contributed by atoms with van der Waals surface area (Å²) in [5, 5.41) is 9.89. The van der Waals surface area contributed by atoms with E-state index in [-0.39, 0.29) is 17.5 Å². The first kappa shape index (κ1) is 15.0. The van der Waals surface area contributed by atoms with Gasteiger partial charge in [0, 0.05) is 10.9 Å². The van der Waals surface area contributed by atoms with Crippen molar-refractivity contribution in [2.75, 3.05) is 0 Å². The van der Waals surface area contributed by atoms with Crippen molar-refractivity contribution in [2.24, 2.45) is 0 Å². The van der Waals surface area contributed by atoms with Crippen LogP contribution in [-0.2, 0) is 6.42 Å². The quantitative estimate of drug-likeness (QED) is 0.648. The molecule has 0 radical (unpaired) electrons. The average molecular weight is 349 g/mol. The van der Waals surface area contributed by atoms with Crippen molar-refractivity contribution in [2.45, 2.75) is 12.5 Å². The molecule has 0 fully saturated rings. The van der Waals surface area contributed by atoms with Crippen LogP contribution < -0.4 is 0 Å². The van der Waals surface area contributed by atoms with E-state index < -0.39 is 29.4 Å². The lowest BCUT2D eigenvalue weighted by Gasteiger charge is -2.13. The maximum Gasteiger partial charge on any atom is 0.194 e. The number of halogens is 5. The summed E-state index contributed by atoms with van der Waals surface area (Å²) in [7, 11) is 0. The third-order valence-corrected chi connectivity index (χ3v) is 3.31. The molecule has 0 saturated heterocycles.